The number of methoxy groups -OCH3 is 3. The van der Waals surface area contributed by atoms with E-state index in [2.05, 4.69) is 0 Å². The van der Waals surface area contributed by atoms with Gasteiger partial charge in [-0.15, -0.1) is 0 Å². The molecule has 0 saturated carbocycles. The molecule has 0 bridgehead atoms. The molecule has 136 valence electrons. The van der Waals surface area contributed by atoms with Crippen molar-refractivity contribution in [3.8, 4) is 28.6 Å². The number of hydrogen-bond acceptors (Lipinski definition) is 5. The van der Waals surface area contributed by atoms with E-state index < -0.39 is 0 Å². The SMILES string of the molecule is COc1cc(-c2cc(=O)c3cc4ccccc4cc3o2)cc(OC)c1OC. The molecule has 0 aliphatic heterocycles. The van der Waals surface area contributed by atoms with Crippen molar-refractivity contribution in [2.45, 2.75) is 0 Å². The molecule has 0 fully saturated rings. The van der Waals surface area contributed by atoms with Crippen molar-refractivity contribution in [1.82, 2.24) is 0 Å². The van der Waals surface area contributed by atoms with Crippen LogP contribution < -0.4 is 19.6 Å². The van der Waals surface area contributed by atoms with Gasteiger partial charge in [-0.3, -0.25) is 4.79 Å². The first kappa shape index (κ1) is 17.0. The minimum absolute atomic E-state index is 0.106. The zero-order valence-corrected chi connectivity index (χ0v) is 15.2. The maximum absolute atomic E-state index is 12.7. The molecule has 0 atom stereocenters. The normalized spacial score (nSPS) is 10.9. The van der Waals surface area contributed by atoms with Crippen molar-refractivity contribution in [1.29, 1.82) is 0 Å². The van der Waals surface area contributed by atoms with Gasteiger partial charge in [0.15, 0.2) is 16.9 Å². The lowest BCUT2D eigenvalue weighted by molar-refractivity contribution is 0.324. The Morgan fingerprint density at radius 3 is 2.00 bits per heavy atom. The minimum Gasteiger partial charge on any atom is -0.493 e. The average Bonchev–Trinajstić information content (AvgIpc) is 2.71. The van der Waals surface area contributed by atoms with Gasteiger partial charge in [0.25, 0.3) is 0 Å². The molecule has 0 N–H and O–H groups in total. The molecule has 5 nitrogen and oxygen atoms in total. The van der Waals surface area contributed by atoms with Gasteiger partial charge in [0.1, 0.15) is 11.3 Å². The first-order valence-corrected chi connectivity index (χ1v) is 8.41. The van der Waals surface area contributed by atoms with Crippen LogP contribution in [0.4, 0.5) is 0 Å². The molecule has 1 aromatic heterocycles. The Kier molecular flexibility index (Phi) is 4.20. The molecule has 0 radical (unpaired) electrons. The maximum Gasteiger partial charge on any atom is 0.203 e. The zero-order valence-electron chi connectivity index (χ0n) is 15.2. The van der Waals surface area contributed by atoms with E-state index in [4.69, 9.17) is 18.6 Å². The Balaban J connectivity index is 1.96. The second kappa shape index (κ2) is 6.68. The molecule has 0 aliphatic rings. The van der Waals surface area contributed by atoms with Crippen LogP contribution in [-0.4, -0.2) is 21.3 Å². The van der Waals surface area contributed by atoms with Crippen LogP contribution in [0.2, 0.25) is 0 Å². The van der Waals surface area contributed by atoms with Gasteiger partial charge in [0.2, 0.25) is 5.75 Å². The summed E-state index contributed by atoms with van der Waals surface area (Å²) in [5.41, 5.74) is 1.09. The van der Waals surface area contributed by atoms with Crippen LogP contribution in [0.3, 0.4) is 0 Å². The highest BCUT2D eigenvalue weighted by Gasteiger charge is 2.16. The van der Waals surface area contributed by atoms with E-state index in [1.807, 2.05) is 36.4 Å². The van der Waals surface area contributed by atoms with E-state index in [0.29, 0.717) is 39.5 Å². The fraction of sp³-hybridized carbons (Fsp3) is 0.136. The van der Waals surface area contributed by atoms with Crippen LogP contribution >= 0.6 is 0 Å². The summed E-state index contributed by atoms with van der Waals surface area (Å²) >= 11 is 0. The predicted octanol–water partition coefficient (Wildman–Crippen LogP) is 4.64. The van der Waals surface area contributed by atoms with Crippen LogP contribution in [0.1, 0.15) is 0 Å². The Labute approximate surface area is 155 Å². The van der Waals surface area contributed by atoms with Gasteiger partial charge in [-0.2, -0.15) is 0 Å². The van der Waals surface area contributed by atoms with Crippen molar-refractivity contribution in [2.24, 2.45) is 0 Å². The summed E-state index contributed by atoms with van der Waals surface area (Å²) in [4.78, 5) is 12.7. The maximum atomic E-state index is 12.7. The lowest BCUT2D eigenvalue weighted by Gasteiger charge is -2.14. The van der Waals surface area contributed by atoms with Gasteiger partial charge < -0.3 is 18.6 Å². The van der Waals surface area contributed by atoms with Crippen molar-refractivity contribution in [3.05, 3.63) is 64.8 Å². The van der Waals surface area contributed by atoms with Crippen molar-refractivity contribution >= 4 is 21.7 Å². The molecule has 4 rings (SSSR count). The van der Waals surface area contributed by atoms with E-state index in [-0.39, 0.29) is 5.43 Å². The second-order valence-electron chi connectivity index (χ2n) is 6.08. The highest BCUT2D eigenvalue weighted by atomic mass is 16.5. The third kappa shape index (κ3) is 2.87. The Morgan fingerprint density at radius 1 is 0.778 bits per heavy atom. The Hall–Kier alpha value is -3.47. The molecule has 1 heterocycles. The van der Waals surface area contributed by atoms with Gasteiger partial charge in [0.05, 0.1) is 26.7 Å². The quantitative estimate of drug-likeness (QED) is 0.495. The van der Waals surface area contributed by atoms with E-state index >= 15 is 0 Å². The van der Waals surface area contributed by atoms with Crippen LogP contribution in [0.25, 0.3) is 33.1 Å². The summed E-state index contributed by atoms with van der Waals surface area (Å²) < 4.78 is 22.2. The molecule has 0 unspecified atom stereocenters. The van der Waals surface area contributed by atoms with Gasteiger partial charge in [-0.25, -0.2) is 0 Å². The summed E-state index contributed by atoms with van der Waals surface area (Å²) in [6, 6.07) is 16.6. The van der Waals surface area contributed by atoms with Gasteiger partial charge >= 0.3 is 0 Å². The summed E-state index contributed by atoms with van der Waals surface area (Å²) in [6.45, 7) is 0. The standard InChI is InChI=1S/C22H18O5/c1-24-20-10-15(11-21(25-2)22(20)26-3)18-12-17(23)16-8-13-6-4-5-7-14(13)9-19(16)27-18/h4-12H,1-3H3. The topological polar surface area (TPSA) is 57.9 Å². The second-order valence-corrected chi connectivity index (χ2v) is 6.08. The molecule has 0 aliphatic carbocycles. The number of hydrogen-bond donors (Lipinski definition) is 0. The lowest BCUT2D eigenvalue weighted by Crippen LogP contribution is -2.01. The van der Waals surface area contributed by atoms with E-state index in [1.54, 1.807) is 33.5 Å². The number of benzene rings is 3. The molecule has 27 heavy (non-hydrogen) atoms. The highest BCUT2D eigenvalue weighted by molar-refractivity contribution is 5.96. The molecule has 0 amide bonds. The van der Waals surface area contributed by atoms with Crippen molar-refractivity contribution in [3.63, 3.8) is 0 Å². The van der Waals surface area contributed by atoms with Gasteiger partial charge in [0, 0.05) is 11.6 Å². The third-order valence-electron chi connectivity index (χ3n) is 4.54. The first-order valence-electron chi connectivity index (χ1n) is 8.41. The molecule has 5 heteroatoms. The summed E-state index contributed by atoms with van der Waals surface area (Å²) in [7, 11) is 4.63. The monoisotopic (exact) mass is 362 g/mol. The van der Waals surface area contributed by atoms with E-state index in [9.17, 15) is 4.79 Å². The van der Waals surface area contributed by atoms with Crippen molar-refractivity contribution in [2.75, 3.05) is 21.3 Å². The number of rotatable bonds is 4. The zero-order chi connectivity index (χ0) is 19.0. The smallest absolute Gasteiger partial charge is 0.203 e. The predicted molar refractivity (Wildman–Crippen MR) is 105 cm³/mol. The molecular formula is C22H18O5. The largest absolute Gasteiger partial charge is 0.493 e. The summed E-state index contributed by atoms with van der Waals surface area (Å²) in [5, 5.41) is 2.55. The molecule has 0 saturated heterocycles. The molecular weight excluding hydrogens is 344 g/mol. The number of fused-ring (bicyclic) bond motifs is 2. The molecule has 0 spiro atoms. The average molecular weight is 362 g/mol. The first-order chi connectivity index (χ1) is 13.1. The number of ether oxygens (including phenoxy) is 3. The molecule has 4 aromatic rings. The summed E-state index contributed by atoms with van der Waals surface area (Å²) in [6.07, 6.45) is 0. The Bertz CT molecular complexity index is 1180. The minimum atomic E-state index is -0.106. The van der Waals surface area contributed by atoms with E-state index in [1.165, 1.54) is 6.07 Å². The van der Waals surface area contributed by atoms with Crippen LogP contribution in [0, 0.1) is 0 Å². The third-order valence-corrected chi connectivity index (χ3v) is 4.54. The van der Waals surface area contributed by atoms with Crippen LogP contribution in [0.5, 0.6) is 17.2 Å². The lowest BCUT2D eigenvalue weighted by atomic mass is 10.1. The Morgan fingerprint density at radius 2 is 1.41 bits per heavy atom. The highest BCUT2D eigenvalue weighted by Crippen LogP contribution is 2.41. The fourth-order valence-electron chi connectivity index (χ4n) is 3.21. The van der Waals surface area contributed by atoms with Gasteiger partial charge in [-0.05, 0) is 35.0 Å². The van der Waals surface area contributed by atoms with Crippen molar-refractivity contribution < 1.29 is 18.6 Å². The summed E-state index contributed by atoms with van der Waals surface area (Å²) in [5.74, 6) is 1.90. The van der Waals surface area contributed by atoms with Gasteiger partial charge in [-0.1, -0.05) is 24.3 Å². The fourth-order valence-corrected chi connectivity index (χ4v) is 3.21. The molecule has 3 aromatic carbocycles. The van der Waals surface area contributed by atoms with E-state index in [0.717, 1.165) is 10.8 Å². The van der Waals surface area contributed by atoms with Crippen LogP contribution in [0.15, 0.2) is 63.8 Å². The van der Waals surface area contributed by atoms with Crippen LogP contribution in [-0.2, 0) is 0 Å².